The first-order valence-corrected chi connectivity index (χ1v) is 9.33. The molecule has 1 unspecified atom stereocenters. The van der Waals surface area contributed by atoms with Crippen molar-refractivity contribution in [3.63, 3.8) is 0 Å². The van der Waals surface area contributed by atoms with Crippen LogP contribution in [0, 0.1) is 6.92 Å². The van der Waals surface area contributed by atoms with Gasteiger partial charge >= 0.3 is 0 Å². The Morgan fingerprint density at radius 3 is 2.96 bits per heavy atom. The van der Waals surface area contributed by atoms with E-state index in [4.69, 9.17) is 14.1 Å². The number of fused-ring (bicyclic) bond motifs is 1. The summed E-state index contributed by atoms with van der Waals surface area (Å²) in [5.41, 5.74) is 2.16. The van der Waals surface area contributed by atoms with Gasteiger partial charge in [-0.3, -0.25) is 0 Å². The molecule has 0 bridgehead atoms. The summed E-state index contributed by atoms with van der Waals surface area (Å²) in [6.45, 7) is 3.65. The summed E-state index contributed by atoms with van der Waals surface area (Å²) < 4.78 is 12.9. The van der Waals surface area contributed by atoms with E-state index in [-0.39, 0.29) is 6.04 Å². The Kier molecular flexibility index (Phi) is 5.27. The summed E-state index contributed by atoms with van der Waals surface area (Å²) in [6.07, 6.45) is 4.23. The summed E-state index contributed by atoms with van der Waals surface area (Å²) in [4.78, 5) is 4.72. The molecule has 0 saturated heterocycles. The van der Waals surface area contributed by atoms with E-state index in [1.165, 1.54) is 0 Å². The standard InChI is InChI=1S/C20H24N6O2/c1-14-24-25-19(26(14)2)12-22-20(21-11-15-7-9-27-13-15)23-17-8-10-28-18-6-4-3-5-16(17)18/h3-7,9,13,17H,8,10-12H2,1-2H3,(H2,21,22,23). The van der Waals surface area contributed by atoms with E-state index in [2.05, 4.69) is 26.9 Å². The lowest BCUT2D eigenvalue weighted by Crippen LogP contribution is -2.41. The highest BCUT2D eigenvalue weighted by molar-refractivity contribution is 5.80. The Labute approximate surface area is 163 Å². The summed E-state index contributed by atoms with van der Waals surface area (Å²) >= 11 is 0. The number of hydrogen-bond donors (Lipinski definition) is 2. The van der Waals surface area contributed by atoms with E-state index in [1.54, 1.807) is 12.5 Å². The number of para-hydroxylation sites is 1. The molecule has 146 valence electrons. The number of aromatic nitrogens is 3. The fourth-order valence-electron chi connectivity index (χ4n) is 3.13. The summed E-state index contributed by atoms with van der Waals surface area (Å²) in [7, 11) is 1.96. The van der Waals surface area contributed by atoms with Crippen LogP contribution in [-0.2, 0) is 20.1 Å². The Bertz CT molecular complexity index is 948. The van der Waals surface area contributed by atoms with E-state index in [0.29, 0.717) is 25.7 Å². The van der Waals surface area contributed by atoms with Crippen molar-refractivity contribution >= 4 is 5.96 Å². The van der Waals surface area contributed by atoms with Gasteiger partial charge in [0.15, 0.2) is 11.8 Å². The van der Waals surface area contributed by atoms with Gasteiger partial charge in [-0.2, -0.15) is 0 Å². The Morgan fingerprint density at radius 2 is 2.18 bits per heavy atom. The maximum Gasteiger partial charge on any atom is 0.192 e. The Hall–Kier alpha value is -3.29. The van der Waals surface area contributed by atoms with Crippen LogP contribution in [0.15, 0.2) is 52.3 Å². The number of benzene rings is 1. The van der Waals surface area contributed by atoms with Crippen molar-refractivity contribution < 1.29 is 9.15 Å². The highest BCUT2D eigenvalue weighted by Gasteiger charge is 2.22. The molecule has 3 aromatic rings. The number of nitrogens with zero attached hydrogens (tertiary/aromatic N) is 4. The first kappa shape index (κ1) is 18.1. The quantitative estimate of drug-likeness (QED) is 0.522. The van der Waals surface area contributed by atoms with Crippen molar-refractivity contribution in [2.24, 2.45) is 12.0 Å². The van der Waals surface area contributed by atoms with Crippen LogP contribution in [0.3, 0.4) is 0 Å². The monoisotopic (exact) mass is 380 g/mol. The molecule has 0 radical (unpaired) electrons. The maximum atomic E-state index is 5.77. The molecule has 4 rings (SSSR count). The summed E-state index contributed by atoms with van der Waals surface area (Å²) in [5.74, 6) is 3.36. The fraction of sp³-hybridized carbons (Fsp3) is 0.350. The summed E-state index contributed by atoms with van der Waals surface area (Å²) in [6, 6.07) is 10.1. The van der Waals surface area contributed by atoms with Gasteiger partial charge in [0, 0.05) is 24.6 Å². The van der Waals surface area contributed by atoms with Gasteiger partial charge in [0.05, 0.1) is 38.3 Å². The predicted octanol–water partition coefficient (Wildman–Crippen LogP) is 2.48. The predicted molar refractivity (Wildman–Crippen MR) is 105 cm³/mol. The van der Waals surface area contributed by atoms with Gasteiger partial charge in [-0.15, -0.1) is 10.2 Å². The molecule has 1 atom stereocenters. The lowest BCUT2D eigenvalue weighted by Gasteiger charge is -2.28. The van der Waals surface area contributed by atoms with Gasteiger partial charge in [-0.05, 0) is 19.1 Å². The third-order valence-corrected chi connectivity index (χ3v) is 4.87. The van der Waals surface area contributed by atoms with Crippen LogP contribution in [0.4, 0.5) is 0 Å². The molecule has 2 aromatic heterocycles. The molecule has 0 saturated carbocycles. The largest absolute Gasteiger partial charge is 0.493 e. The van der Waals surface area contributed by atoms with E-state index >= 15 is 0 Å². The van der Waals surface area contributed by atoms with Crippen molar-refractivity contribution in [3.05, 3.63) is 65.6 Å². The van der Waals surface area contributed by atoms with Crippen LogP contribution in [0.1, 0.15) is 35.2 Å². The van der Waals surface area contributed by atoms with E-state index in [0.717, 1.165) is 34.9 Å². The van der Waals surface area contributed by atoms with Crippen molar-refractivity contribution in [3.8, 4) is 5.75 Å². The summed E-state index contributed by atoms with van der Waals surface area (Å²) in [5, 5.41) is 15.2. The van der Waals surface area contributed by atoms with Gasteiger partial charge in [0.25, 0.3) is 0 Å². The first-order chi connectivity index (χ1) is 13.7. The molecule has 0 spiro atoms. The zero-order valence-corrected chi connectivity index (χ0v) is 16.1. The van der Waals surface area contributed by atoms with Gasteiger partial charge in [-0.1, -0.05) is 18.2 Å². The number of aliphatic imine (C=N–C) groups is 1. The number of hydrogen-bond acceptors (Lipinski definition) is 5. The molecule has 0 fully saturated rings. The molecular weight excluding hydrogens is 356 g/mol. The molecule has 1 aliphatic rings. The second-order valence-electron chi connectivity index (χ2n) is 6.74. The Balaban J connectivity index is 1.51. The van der Waals surface area contributed by atoms with E-state index in [1.807, 2.05) is 42.8 Å². The SMILES string of the molecule is Cc1nnc(CNC(=NCc2ccoc2)NC2CCOc3ccccc32)n1C. The number of furan rings is 1. The molecule has 1 aliphatic heterocycles. The molecule has 8 nitrogen and oxygen atoms in total. The topological polar surface area (TPSA) is 89.5 Å². The first-order valence-electron chi connectivity index (χ1n) is 9.33. The third-order valence-electron chi connectivity index (χ3n) is 4.87. The zero-order valence-electron chi connectivity index (χ0n) is 16.1. The van der Waals surface area contributed by atoms with Gasteiger partial charge < -0.3 is 24.4 Å². The van der Waals surface area contributed by atoms with Gasteiger partial charge in [-0.25, -0.2) is 4.99 Å². The smallest absolute Gasteiger partial charge is 0.192 e. The lowest BCUT2D eigenvalue weighted by molar-refractivity contribution is 0.261. The minimum atomic E-state index is 0.127. The average Bonchev–Trinajstić information content (AvgIpc) is 3.35. The van der Waals surface area contributed by atoms with Crippen molar-refractivity contribution in [2.45, 2.75) is 32.5 Å². The molecule has 1 aromatic carbocycles. The van der Waals surface area contributed by atoms with Crippen LogP contribution < -0.4 is 15.4 Å². The van der Waals surface area contributed by atoms with E-state index in [9.17, 15) is 0 Å². The molecule has 0 aliphatic carbocycles. The van der Waals surface area contributed by atoms with Crippen LogP contribution >= 0.6 is 0 Å². The average molecular weight is 380 g/mol. The molecule has 3 heterocycles. The molecule has 28 heavy (non-hydrogen) atoms. The lowest BCUT2D eigenvalue weighted by atomic mass is 10.0. The van der Waals surface area contributed by atoms with Crippen LogP contribution in [0.25, 0.3) is 0 Å². The maximum absolute atomic E-state index is 5.77. The molecular formula is C20H24N6O2. The van der Waals surface area contributed by atoms with Crippen LogP contribution in [0.5, 0.6) is 5.75 Å². The normalized spacial score (nSPS) is 16.4. The minimum absolute atomic E-state index is 0.127. The van der Waals surface area contributed by atoms with Crippen molar-refractivity contribution in [1.82, 2.24) is 25.4 Å². The third kappa shape index (κ3) is 4.00. The molecule has 2 N–H and O–H groups in total. The van der Waals surface area contributed by atoms with Crippen molar-refractivity contribution in [1.29, 1.82) is 0 Å². The zero-order chi connectivity index (χ0) is 19.3. The van der Waals surface area contributed by atoms with Crippen LogP contribution in [0.2, 0.25) is 0 Å². The van der Waals surface area contributed by atoms with Gasteiger partial charge in [0.1, 0.15) is 11.6 Å². The molecule has 0 amide bonds. The number of ether oxygens (including phenoxy) is 1. The highest BCUT2D eigenvalue weighted by Crippen LogP contribution is 2.31. The highest BCUT2D eigenvalue weighted by atomic mass is 16.5. The molecule has 8 heteroatoms. The number of guanidine groups is 1. The second-order valence-corrected chi connectivity index (χ2v) is 6.74. The minimum Gasteiger partial charge on any atom is -0.493 e. The van der Waals surface area contributed by atoms with Crippen LogP contribution in [-0.4, -0.2) is 27.3 Å². The number of aryl methyl sites for hydroxylation is 1. The Morgan fingerprint density at radius 1 is 1.29 bits per heavy atom. The number of rotatable bonds is 5. The van der Waals surface area contributed by atoms with Crippen molar-refractivity contribution in [2.75, 3.05) is 6.61 Å². The van der Waals surface area contributed by atoms with E-state index < -0.39 is 0 Å². The number of nitrogens with one attached hydrogen (secondary N) is 2. The second kappa shape index (κ2) is 8.16. The van der Waals surface area contributed by atoms with Gasteiger partial charge in [0.2, 0.25) is 0 Å². The fourth-order valence-corrected chi connectivity index (χ4v) is 3.13.